The molecule has 2 N–H and O–H groups in total. The van der Waals surface area contributed by atoms with Crippen molar-refractivity contribution in [2.75, 3.05) is 0 Å². The summed E-state index contributed by atoms with van der Waals surface area (Å²) in [5.74, 6) is 1.88. The molecule has 1 aliphatic carbocycles. The second-order valence-electron chi connectivity index (χ2n) is 9.36. The summed E-state index contributed by atoms with van der Waals surface area (Å²) < 4.78 is 3.97. The molecule has 5 aromatic rings. The highest BCUT2D eigenvalue weighted by Crippen LogP contribution is 2.34. The number of nitrogens with one attached hydrogen (secondary N) is 2. The summed E-state index contributed by atoms with van der Waals surface area (Å²) in [5, 5.41) is 14.5. The number of aromatic amines is 2. The van der Waals surface area contributed by atoms with Gasteiger partial charge in [0.05, 0.1) is 0 Å². The van der Waals surface area contributed by atoms with E-state index in [2.05, 4.69) is 60.5 Å². The van der Waals surface area contributed by atoms with Gasteiger partial charge in [-0.2, -0.15) is 5.21 Å². The van der Waals surface area contributed by atoms with Gasteiger partial charge in [-0.1, -0.05) is 67.8 Å². The third-order valence-electron chi connectivity index (χ3n) is 7.12. The first kappa shape index (κ1) is 22.5. The van der Waals surface area contributed by atoms with Gasteiger partial charge in [-0.15, -0.1) is 10.2 Å². The lowest BCUT2D eigenvalue weighted by atomic mass is 9.88. The van der Waals surface area contributed by atoms with Crippen LogP contribution in [0.25, 0.3) is 33.7 Å². The molecule has 0 aliphatic heterocycles. The van der Waals surface area contributed by atoms with Crippen LogP contribution in [-0.2, 0) is 13.6 Å². The van der Waals surface area contributed by atoms with Gasteiger partial charge in [0.2, 0.25) is 5.82 Å². The molecule has 36 heavy (non-hydrogen) atoms. The fourth-order valence-corrected chi connectivity index (χ4v) is 5.40. The van der Waals surface area contributed by atoms with Crippen LogP contribution in [0.2, 0.25) is 0 Å². The van der Waals surface area contributed by atoms with Crippen LogP contribution in [0.1, 0.15) is 49.4 Å². The first-order chi connectivity index (χ1) is 17.6. The molecule has 3 heterocycles. The van der Waals surface area contributed by atoms with E-state index in [0.717, 1.165) is 40.9 Å². The number of tetrazole rings is 1. The van der Waals surface area contributed by atoms with Gasteiger partial charge in [0.25, 0.3) is 5.56 Å². The lowest BCUT2D eigenvalue weighted by Gasteiger charge is -2.22. The summed E-state index contributed by atoms with van der Waals surface area (Å²) in [5.41, 5.74) is 5.14. The van der Waals surface area contributed by atoms with Gasteiger partial charge in [0.1, 0.15) is 5.82 Å². The van der Waals surface area contributed by atoms with Crippen LogP contribution in [-0.4, -0.2) is 39.7 Å². The Kier molecular flexibility index (Phi) is 5.80. The molecule has 0 saturated heterocycles. The highest BCUT2D eigenvalue weighted by atomic mass is 32.1. The van der Waals surface area contributed by atoms with Crippen LogP contribution in [0, 0.1) is 4.77 Å². The zero-order valence-electron chi connectivity index (χ0n) is 19.9. The topological polar surface area (TPSA) is 110 Å². The largest absolute Gasteiger partial charge is 0.317 e. The summed E-state index contributed by atoms with van der Waals surface area (Å²) in [6, 6.07) is 16.4. The van der Waals surface area contributed by atoms with Gasteiger partial charge in [0.15, 0.2) is 15.9 Å². The van der Waals surface area contributed by atoms with Gasteiger partial charge in [-0.25, -0.2) is 4.98 Å². The van der Waals surface area contributed by atoms with E-state index in [4.69, 9.17) is 17.2 Å². The maximum Gasteiger partial charge on any atom is 0.280 e. The van der Waals surface area contributed by atoms with Crippen LogP contribution >= 0.6 is 12.2 Å². The predicted molar refractivity (Wildman–Crippen MR) is 140 cm³/mol. The molecule has 0 atom stereocenters. The van der Waals surface area contributed by atoms with Crippen molar-refractivity contribution in [1.82, 2.24) is 39.7 Å². The second kappa shape index (κ2) is 9.27. The Bertz CT molecular complexity index is 1640. The molecule has 0 bridgehead atoms. The van der Waals surface area contributed by atoms with Crippen LogP contribution < -0.4 is 5.56 Å². The van der Waals surface area contributed by atoms with Crippen molar-refractivity contribution in [3.05, 3.63) is 75.0 Å². The number of hydrogen-bond donors (Lipinski definition) is 2. The predicted octanol–water partition coefficient (Wildman–Crippen LogP) is 4.74. The first-order valence-corrected chi connectivity index (χ1v) is 12.6. The average molecular weight is 499 g/mol. The SMILES string of the molecule is Cn1c(=S)[nH]c2nc(C3CCCCC3)n(Cc3ccc(-c4ccccc4-c4nn[nH]n4)cc3)c2c1=O. The number of nitrogens with zero attached hydrogens (tertiary/aromatic N) is 6. The van der Waals surface area contributed by atoms with Crippen LogP contribution in [0.3, 0.4) is 0 Å². The monoisotopic (exact) mass is 498 g/mol. The van der Waals surface area contributed by atoms with Gasteiger partial charge < -0.3 is 9.55 Å². The summed E-state index contributed by atoms with van der Waals surface area (Å²) in [6.07, 6.45) is 5.83. The minimum absolute atomic E-state index is 0.117. The van der Waals surface area contributed by atoms with Crippen molar-refractivity contribution >= 4 is 23.4 Å². The smallest absolute Gasteiger partial charge is 0.280 e. The van der Waals surface area contributed by atoms with Crippen molar-refractivity contribution in [2.24, 2.45) is 7.05 Å². The van der Waals surface area contributed by atoms with Gasteiger partial charge in [0, 0.05) is 25.1 Å². The van der Waals surface area contributed by atoms with E-state index in [0.29, 0.717) is 34.2 Å². The maximum absolute atomic E-state index is 13.2. The van der Waals surface area contributed by atoms with E-state index in [-0.39, 0.29) is 5.56 Å². The fraction of sp³-hybridized carbons (Fsp3) is 0.308. The number of hydrogen-bond acceptors (Lipinski definition) is 6. The molecule has 1 aliphatic rings. The number of fused-ring (bicyclic) bond motifs is 1. The van der Waals surface area contributed by atoms with E-state index >= 15 is 0 Å². The quantitative estimate of drug-likeness (QED) is 0.339. The third kappa shape index (κ3) is 3.97. The van der Waals surface area contributed by atoms with Crippen molar-refractivity contribution in [3.8, 4) is 22.5 Å². The Labute approximate surface area is 212 Å². The van der Waals surface area contributed by atoms with Crippen LogP contribution in [0.5, 0.6) is 0 Å². The molecular formula is C26H26N8OS. The van der Waals surface area contributed by atoms with Crippen molar-refractivity contribution in [2.45, 2.75) is 44.6 Å². The van der Waals surface area contributed by atoms with E-state index in [1.54, 1.807) is 7.05 Å². The third-order valence-corrected chi connectivity index (χ3v) is 7.50. The molecule has 10 heteroatoms. The molecule has 3 aromatic heterocycles. The van der Waals surface area contributed by atoms with Crippen LogP contribution in [0.4, 0.5) is 0 Å². The van der Waals surface area contributed by atoms with Crippen molar-refractivity contribution in [1.29, 1.82) is 0 Å². The Morgan fingerprint density at radius 1 is 1.03 bits per heavy atom. The van der Waals surface area contributed by atoms with E-state index in [1.165, 1.54) is 23.8 Å². The number of benzene rings is 2. The molecule has 0 amide bonds. The molecule has 0 spiro atoms. The highest BCUT2D eigenvalue weighted by molar-refractivity contribution is 7.71. The van der Waals surface area contributed by atoms with Crippen LogP contribution in [0.15, 0.2) is 53.3 Å². The Morgan fingerprint density at radius 2 is 1.78 bits per heavy atom. The normalized spacial score (nSPS) is 14.5. The Balaban J connectivity index is 1.40. The highest BCUT2D eigenvalue weighted by Gasteiger charge is 2.24. The lowest BCUT2D eigenvalue weighted by molar-refractivity contribution is 0.420. The standard InChI is InChI=1S/C26H26N8OS/c1-33-25(35)21-23(28-26(33)36)27-24(18-7-3-2-4-8-18)34(21)15-16-11-13-17(14-12-16)19-9-5-6-10-20(19)22-29-31-32-30-22/h5-6,9-14,18H,2-4,7-8,15H2,1H3,(H,28,36)(H,29,30,31,32). The molecule has 2 aromatic carbocycles. The lowest BCUT2D eigenvalue weighted by Crippen LogP contribution is -2.22. The maximum atomic E-state index is 13.2. The molecule has 1 fully saturated rings. The van der Waals surface area contributed by atoms with E-state index in [9.17, 15) is 4.79 Å². The van der Waals surface area contributed by atoms with E-state index < -0.39 is 0 Å². The molecule has 1 saturated carbocycles. The molecule has 0 radical (unpaired) electrons. The Hall–Kier alpha value is -3.92. The average Bonchev–Trinajstić information content (AvgIpc) is 3.57. The fourth-order valence-electron chi connectivity index (χ4n) is 5.22. The summed E-state index contributed by atoms with van der Waals surface area (Å²) >= 11 is 5.35. The van der Waals surface area contributed by atoms with Gasteiger partial charge >= 0.3 is 0 Å². The Morgan fingerprint density at radius 3 is 2.50 bits per heavy atom. The summed E-state index contributed by atoms with van der Waals surface area (Å²) in [7, 11) is 1.70. The summed E-state index contributed by atoms with van der Waals surface area (Å²) in [6.45, 7) is 0.564. The van der Waals surface area contributed by atoms with Gasteiger partial charge in [-0.05, 0) is 47.0 Å². The molecule has 9 nitrogen and oxygen atoms in total. The minimum Gasteiger partial charge on any atom is -0.317 e. The molecule has 182 valence electrons. The molecule has 0 unspecified atom stereocenters. The number of imidazole rings is 1. The van der Waals surface area contributed by atoms with Gasteiger partial charge in [-0.3, -0.25) is 9.36 Å². The minimum atomic E-state index is -0.117. The zero-order valence-corrected chi connectivity index (χ0v) is 20.8. The zero-order chi connectivity index (χ0) is 24.6. The molecular weight excluding hydrogens is 472 g/mol. The first-order valence-electron chi connectivity index (χ1n) is 12.2. The summed E-state index contributed by atoms with van der Waals surface area (Å²) in [4.78, 5) is 21.3. The molecule has 6 rings (SSSR count). The number of H-pyrrole nitrogens is 2. The number of aromatic nitrogens is 8. The number of rotatable bonds is 5. The van der Waals surface area contributed by atoms with E-state index in [1.807, 2.05) is 18.2 Å². The second-order valence-corrected chi connectivity index (χ2v) is 9.75. The van der Waals surface area contributed by atoms with Crippen molar-refractivity contribution in [3.63, 3.8) is 0 Å². The van der Waals surface area contributed by atoms with Crippen molar-refractivity contribution < 1.29 is 0 Å².